The molecule has 0 radical (unpaired) electrons. The lowest BCUT2D eigenvalue weighted by Crippen LogP contribution is -2.32. The average Bonchev–Trinajstić information content (AvgIpc) is 2.62. The van der Waals surface area contributed by atoms with Crippen LogP contribution in [0.3, 0.4) is 0 Å². The maximum Gasteiger partial charge on any atom is 0.238 e. The zero-order valence-corrected chi connectivity index (χ0v) is 16.9. The second-order valence-corrected chi connectivity index (χ2v) is 9.37. The molecule has 6 nitrogen and oxygen atoms in total. The second-order valence-electron chi connectivity index (χ2n) is 6.18. The van der Waals surface area contributed by atoms with E-state index in [0.717, 1.165) is 30.3 Å². The highest BCUT2D eigenvalue weighted by Crippen LogP contribution is 2.30. The van der Waals surface area contributed by atoms with Gasteiger partial charge in [-0.15, -0.1) is 0 Å². The maximum absolute atomic E-state index is 12.3. The van der Waals surface area contributed by atoms with Crippen molar-refractivity contribution in [3.8, 4) is 0 Å². The molecule has 0 unspecified atom stereocenters. The van der Waals surface area contributed by atoms with Gasteiger partial charge in [0.15, 0.2) is 0 Å². The number of primary sulfonamides is 1. The Morgan fingerprint density at radius 3 is 2.41 bits per heavy atom. The highest BCUT2D eigenvalue weighted by molar-refractivity contribution is 7.99. The van der Waals surface area contributed by atoms with E-state index in [1.165, 1.54) is 12.1 Å². The molecular formula is C18H20ClN3O3S2. The SMILES string of the molecule is NS(=O)(=O)c1ccc(CC(=O)Nc2ccc(N3CCSCC3)c(Cl)c2)cc1. The molecule has 9 heteroatoms. The van der Waals surface area contributed by atoms with Gasteiger partial charge in [-0.1, -0.05) is 23.7 Å². The number of amides is 1. The van der Waals surface area contributed by atoms with Crippen molar-refractivity contribution in [1.82, 2.24) is 0 Å². The van der Waals surface area contributed by atoms with Crippen LogP contribution < -0.4 is 15.4 Å². The van der Waals surface area contributed by atoms with Crippen molar-refractivity contribution in [3.05, 3.63) is 53.1 Å². The number of hydrogen-bond donors (Lipinski definition) is 2. The van der Waals surface area contributed by atoms with Crippen LogP contribution in [0.25, 0.3) is 0 Å². The molecule has 2 aromatic carbocycles. The molecule has 1 saturated heterocycles. The molecule has 3 N–H and O–H groups in total. The van der Waals surface area contributed by atoms with E-state index < -0.39 is 10.0 Å². The predicted octanol–water partition coefficient (Wildman–Crippen LogP) is 2.72. The van der Waals surface area contributed by atoms with Gasteiger partial charge in [0.05, 0.1) is 22.0 Å². The van der Waals surface area contributed by atoms with Crippen LogP contribution in [0.1, 0.15) is 5.56 Å². The first-order valence-corrected chi connectivity index (χ1v) is 11.4. The van der Waals surface area contributed by atoms with Gasteiger partial charge in [-0.25, -0.2) is 13.6 Å². The smallest absolute Gasteiger partial charge is 0.238 e. The monoisotopic (exact) mass is 425 g/mol. The number of benzene rings is 2. The first-order chi connectivity index (χ1) is 12.8. The average molecular weight is 426 g/mol. The summed E-state index contributed by atoms with van der Waals surface area (Å²) in [5, 5.41) is 8.49. The van der Waals surface area contributed by atoms with Crippen molar-refractivity contribution in [1.29, 1.82) is 0 Å². The van der Waals surface area contributed by atoms with Crippen LogP contribution in [0.5, 0.6) is 0 Å². The third-order valence-electron chi connectivity index (χ3n) is 4.20. The molecule has 2 aromatic rings. The number of hydrogen-bond acceptors (Lipinski definition) is 5. The number of anilines is 2. The van der Waals surface area contributed by atoms with Crippen LogP contribution in [0.4, 0.5) is 11.4 Å². The fourth-order valence-electron chi connectivity index (χ4n) is 2.83. The Kier molecular flexibility index (Phi) is 6.31. The Hall–Kier alpha value is -1.74. The van der Waals surface area contributed by atoms with Gasteiger partial charge in [0.25, 0.3) is 0 Å². The third kappa shape index (κ3) is 5.38. The zero-order chi connectivity index (χ0) is 19.4. The number of halogens is 1. The molecule has 1 amide bonds. The Bertz CT molecular complexity index is 927. The number of carbonyl (C=O) groups excluding carboxylic acids is 1. The van der Waals surface area contributed by atoms with E-state index in [9.17, 15) is 13.2 Å². The van der Waals surface area contributed by atoms with Gasteiger partial charge in [-0.05, 0) is 35.9 Å². The van der Waals surface area contributed by atoms with E-state index in [0.29, 0.717) is 16.3 Å². The number of nitrogens with one attached hydrogen (secondary N) is 1. The van der Waals surface area contributed by atoms with Crippen LogP contribution in [-0.2, 0) is 21.2 Å². The molecular weight excluding hydrogens is 406 g/mol. The minimum absolute atomic E-state index is 0.0186. The van der Waals surface area contributed by atoms with E-state index in [-0.39, 0.29) is 17.2 Å². The summed E-state index contributed by atoms with van der Waals surface area (Å²) in [5.74, 6) is 1.95. The lowest BCUT2D eigenvalue weighted by molar-refractivity contribution is -0.115. The summed E-state index contributed by atoms with van der Waals surface area (Å²) in [6, 6.07) is 11.4. The van der Waals surface area contributed by atoms with Gasteiger partial charge in [0.1, 0.15) is 0 Å². The van der Waals surface area contributed by atoms with Gasteiger partial charge in [0.2, 0.25) is 15.9 Å². The molecule has 27 heavy (non-hydrogen) atoms. The van der Waals surface area contributed by atoms with E-state index in [1.54, 1.807) is 18.2 Å². The maximum atomic E-state index is 12.3. The first kappa shape index (κ1) is 20.0. The van der Waals surface area contributed by atoms with Crippen molar-refractivity contribution in [2.45, 2.75) is 11.3 Å². The van der Waals surface area contributed by atoms with Crippen molar-refractivity contribution < 1.29 is 13.2 Å². The van der Waals surface area contributed by atoms with E-state index in [2.05, 4.69) is 10.2 Å². The summed E-state index contributed by atoms with van der Waals surface area (Å²) in [4.78, 5) is 14.5. The molecule has 0 aliphatic carbocycles. The highest BCUT2D eigenvalue weighted by Gasteiger charge is 2.15. The van der Waals surface area contributed by atoms with Gasteiger partial charge in [0, 0.05) is 30.3 Å². The quantitative estimate of drug-likeness (QED) is 0.768. The molecule has 0 spiro atoms. The number of rotatable bonds is 5. The molecule has 0 atom stereocenters. The predicted molar refractivity (Wildman–Crippen MR) is 111 cm³/mol. The Balaban J connectivity index is 1.63. The molecule has 1 aliphatic rings. The molecule has 144 valence electrons. The van der Waals surface area contributed by atoms with Crippen molar-refractivity contribution >= 4 is 50.7 Å². The fraction of sp³-hybridized carbons (Fsp3) is 0.278. The van der Waals surface area contributed by atoms with Crippen molar-refractivity contribution in [2.24, 2.45) is 5.14 Å². The minimum atomic E-state index is -3.74. The van der Waals surface area contributed by atoms with E-state index in [4.69, 9.17) is 16.7 Å². The van der Waals surface area contributed by atoms with Crippen LogP contribution in [0.15, 0.2) is 47.4 Å². The summed E-state index contributed by atoms with van der Waals surface area (Å²) in [6.45, 7) is 1.93. The van der Waals surface area contributed by atoms with Crippen molar-refractivity contribution in [2.75, 3.05) is 34.8 Å². The molecule has 0 aromatic heterocycles. The highest BCUT2D eigenvalue weighted by atomic mass is 35.5. The van der Waals surface area contributed by atoms with Crippen molar-refractivity contribution in [3.63, 3.8) is 0 Å². The molecule has 3 rings (SSSR count). The largest absolute Gasteiger partial charge is 0.369 e. The van der Waals surface area contributed by atoms with Gasteiger partial charge < -0.3 is 10.2 Å². The van der Waals surface area contributed by atoms with Crippen LogP contribution >= 0.6 is 23.4 Å². The number of thioether (sulfide) groups is 1. The normalized spacial score (nSPS) is 14.8. The Morgan fingerprint density at radius 2 is 1.81 bits per heavy atom. The Morgan fingerprint density at radius 1 is 1.15 bits per heavy atom. The fourth-order valence-corrected chi connectivity index (χ4v) is 4.55. The van der Waals surface area contributed by atoms with Gasteiger partial charge in [-0.3, -0.25) is 4.79 Å². The van der Waals surface area contributed by atoms with E-state index >= 15 is 0 Å². The molecule has 1 fully saturated rings. The van der Waals surface area contributed by atoms with Crippen LogP contribution in [0.2, 0.25) is 5.02 Å². The lowest BCUT2D eigenvalue weighted by atomic mass is 10.1. The lowest BCUT2D eigenvalue weighted by Gasteiger charge is -2.29. The Labute approximate surface area is 168 Å². The van der Waals surface area contributed by atoms with Gasteiger partial charge >= 0.3 is 0 Å². The summed E-state index contributed by atoms with van der Waals surface area (Å²) in [7, 11) is -3.74. The number of carbonyl (C=O) groups is 1. The van der Waals surface area contributed by atoms with E-state index in [1.807, 2.05) is 23.9 Å². The standard InChI is InChI=1S/C18H20ClN3O3S2/c19-16-12-14(3-6-17(16)22-7-9-26-10-8-22)21-18(23)11-13-1-4-15(5-2-13)27(20,24)25/h1-6,12H,7-11H2,(H,21,23)(H2,20,24,25). The summed E-state index contributed by atoms with van der Waals surface area (Å²) >= 11 is 8.33. The topological polar surface area (TPSA) is 92.5 Å². The number of nitrogens with two attached hydrogens (primary N) is 1. The second kappa shape index (κ2) is 8.52. The third-order valence-corrected chi connectivity index (χ3v) is 6.37. The summed E-state index contributed by atoms with van der Waals surface area (Å²) < 4.78 is 22.5. The number of nitrogens with zero attached hydrogens (tertiary/aromatic N) is 1. The zero-order valence-electron chi connectivity index (χ0n) is 14.5. The molecule has 1 aliphatic heterocycles. The minimum Gasteiger partial charge on any atom is -0.369 e. The number of sulfonamides is 1. The molecule has 0 bridgehead atoms. The summed E-state index contributed by atoms with van der Waals surface area (Å²) in [6.07, 6.45) is 0.119. The summed E-state index contributed by atoms with van der Waals surface area (Å²) in [5.41, 5.74) is 2.29. The molecule has 1 heterocycles. The van der Waals surface area contributed by atoms with Gasteiger partial charge in [-0.2, -0.15) is 11.8 Å². The first-order valence-electron chi connectivity index (χ1n) is 8.37. The molecule has 0 saturated carbocycles. The van der Waals surface area contributed by atoms with Crippen LogP contribution in [-0.4, -0.2) is 38.9 Å². The van der Waals surface area contributed by atoms with Crippen LogP contribution in [0, 0.1) is 0 Å².